The van der Waals surface area contributed by atoms with Crippen molar-refractivity contribution >= 4 is 13.9 Å². The Morgan fingerprint density at radius 1 is 1.11 bits per heavy atom. The largest absolute Gasteiger partial charge is 0.294 e. The lowest BCUT2D eigenvalue weighted by molar-refractivity contribution is 0.101. The molecule has 0 aliphatic heterocycles. The molecule has 0 saturated carbocycles. The quantitative estimate of drug-likeness (QED) is 0.447. The second-order valence-electron chi connectivity index (χ2n) is 4.69. The molecule has 0 aliphatic carbocycles. The maximum absolute atomic E-state index is 11.5. The first kappa shape index (κ1) is 14.7. The van der Waals surface area contributed by atoms with Crippen molar-refractivity contribution in [1.29, 1.82) is 0 Å². The molecule has 0 bridgehead atoms. The molecule has 1 rings (SSSR count). The van der Waals surface area contributed by atoms with Crippen molar-refractivity contribution in [3.63, 3.8) is 0 Å². The molecule has 0 N–H and O–H groups in total. The van der Waals surface area contributed by atoms with Crippen LogP contribution in [0.4, 0.5) is 0 Å². The molecule has 0 amide bonds. The molecule has 0 fully saturated rings. The van der Waals surface area contributed by atoms with Crippen molar-refractivity contribution in [2.24, 2.45) is 0 Å². The van der Waals surface area contributed by atoms with Crippen LogP contribution in [0.5, 0.6) is 0 Å². The third-order valence-electron chi connectivity index (χ3n) is 3.80. The van der Waals surface area contributed by atoms with E-state index in [0.29, 0.717) is 0 Å². The van der Waals surface area contributed by atoms with Gasteiger partial charge in [0.25, 0.3) is 0 Å². The first-order valence-electron chi connectivity index (χ1n) is 6.71. The van der Waals surface area contributed by atoms with Gasteiger partial charge in [-0.2, -0.15) is 0 Å². The zero-order valence-corrected chi connectivity index (χ0v) is 12.8. The normalized spacial score (nSPS) is 10.7. The maximum Gasteiger partial charge on any atom is 0.161 e. The van der Waals surface area contributed by atoms with E-state index in [2.05, 4.69) is 32.2 Å². The Bertz CT molecular complexity index is 467. The maximum atomic E-state index is 11.5. The van der Waals surface area contributed by atoms with Crippen LogP contribution < -0.4 is 0 Å². The third-order valence-corrected chi connectivity index (χ3v) is 8.52. The Hall–Kier alpha value is -1.33. The Morgan fingerprint density at radius 3 is 2.17 bits per heavy atom. The zero-order valence-electron chi connectivity index (χ0n) is 11.8. The second-order valence-corrected chi connectivity index (χ2v) is 9.62. The minimum absolute atomic E-state index is 0.0941. The van der Waals surface area contributed by atoms with Gasteiger partial charge in [0.1, 0.15) is 8.07 Å². The van der Waals surface area contributed by atoms with E-state index in [-0.39, 0.29) is 5.78 Å². The average Bonchev–Trinajstić information content (AvgIpc) is 2.41. The van der Waals surface area contributed by atoms with Gasteiger partial charge in [-0.05, 0) is 31.1 Å². The Kier molecular flexibility index (Phi) is 5.37. The molecule has 0 saturated heterocycles. The molecule has 1 aromatic carbocycles. The summed E-state index contributed by atoms with van der Waals surface area (Å²) < 4.78 is 0. The highest BCUT2D eigenvalue weighted by Crippen LogP contribution is 2.19. The van der Waals surface area contributed by atoms with E-state index in [1.165, 1.54) is 18.1 Å². The SMILES string of the molecule is CC[Si](C#Cc1ccccc1C(C)=O)(CC)CC. The highest BCUT2D eigenvalue weighted by atomic mass is 28.3. The van der Waals surface area contributed by atoms with Crippen LogP contribution in [0.3, 0.4) is 0 Å². The third kappa shape index (κ3) is 3.33. The molecule has 0 aromatic heterocycles. The Morgan fingerprint density at radius 2 is 1.67 bits per heavy atom. The molecule has 0 unspecified atom stereocenters. The van der Waals surface area contributed by atoms with Crippen molar-refractivity contribution in [1.82, 2.24) is 0 Å². The van der Waals surface area contributed by atoms with Crippen LogP contribution in [-0.2, 0) is 0 Å². The summed E-state index contributed by atoms with van der Waals surface area (Å²) in [4.78, 5) is 11.5. The first-order valence-corrected chi connectivity index (χ1v) is 9.33. The lowest BCUT2D eigenvalue weighted by Gasteiger charge is -2.20. The van der Waals surface area contributed by atoms with Gasteiger partial charge in [0, 0.05) is 11.1 Å². The van der Waals surface area contributed by atoms with Crippen molar-refractivity contribution in [3.05, 3.63) is 35.4 Å². The number of ketones is 1. The van der Waals surface area contributed by atoms with E-state index in [1.807, 2.05) is 24.3 Å². The lowest BCUT2D eigenvalue weighted by atomic mass is 10.1. The van der Waals surface area contributed by atoms with Crippen LogP contribution in [0, 0.1) is 11.5 Å². The number of hydrogen-bond donors (Lipinski definition) is 0. The molecule has 1 nitrogen and oxygen atoms in total. The zero-order chi connectivity index (χ0) is 13.6. The van der Waals surface area contributed by atoms with Crippen LogP contribution >= 0.6 is 0 Å². The fourth-order valence-corrected chi connectivity index (χ4v) is 4.54. The van der Waals surface area contributed by atoms with Gasteiger partial charge in [-0.15, -0.1) is 5.54 Å². The van der Waals surface area contributed by atoms with Gasteiger partial charge in [0.15, 0.2) is 5.78 Å². The number of benzene rings is 1. The highest BCUT2D eigenvalue weighted by molar-refractivity contribution is 6.87. The van der Waals surface area contributed by atoms with E-state index in [9.17, 15) is 4.79 Å². The summed E-state index contributed by atoms with van der Waals surface area (Å²) in [5, 5.41) is 0. The topological polar surface area (TPSA) is 17.1 Å². The fourth-order valence-electron chi connectivity index (χ4n) is 2.11. The molecule has 18 heavy (non-hydrogen) atoms. The van der Waals surface area contributed by atoms with Crippen molar-refractivity contribution in [3.8, 4) is 11.5 Å². The fraction of sp³-hybridized carbons (Fsp3) is 0.438. The summed E-state index contributed by atoms with van der Waals surface area (Å²) in [5.74, 6) is 3.37. The van der Waals surface area contributed by atoms with Gasteiger partial charge in [-0.25, -0.2) is 0 Å². The number of hydrogen-bond acceptors (Lipinski definition) is 1. The van der Waals surface area contributed by atoms with Crippen molar-refractivity contribution < 1.29 is 4.79 Å². The minimum atomic E-state index is -1.43. The van der Waals surface area contributed by atoms with Crippen molar-refractivity contribution in [2.45, 2.75) is 45.8 Å². The van der Waals surface area contributed by atoms with E-state index in [4.69, 9.17) is 0 Å². The molecule has 2 heteroatoms. The number of carbonyl (C=O) groups excluding carboxylic acids is 1. The predicted molar refractivity (Wildman–Crippen MR) is 80.5 cm³/mol. The van der Waals surface area contributed by atoms with Crippen LogP contribution in [0.2, 0.25) is 18.1 Å². The summed E-state index contributed by atoms with van der Waals surface area (Å²) in [6.45, 7) is 8.32. The molecule has 0 radical (unpaired) electrons. The molecule has 96 valence electrons. The molecular weight excluding hydrogens is 236 g/mol. The number of rotatable bonds is 4. The molecule has 0 spiro atoms. The summed E-state index contributed by atoms with van der Waals surface area (Å²) >= 11 is 0. The van der Waals surface area contributed by atoms with Gasteiger partial charge in [-0.1, -0.05) is 44.9 Å². The minimum Gasteiger partial charge on any atom is -0.294 e. The Balaban J connectivity index is 3.16. The lowest BCUT2D eigenvalue weighted by Crippen LogP contribution is -2.29. The predicted octanol–water partition coefficient (Wildman–Crippen LogP) is 4.29. The monoisotopic (exact) mass is 258 g/mol. The van der Waals surface area contributed by atoms with Crippen LogP contribution in [0.1, 0.15) is 43.6 Å². The summed E-state index contributed by atoms with van der Waals surface area (Å²) in [6.07, 6.45) is 0. The van der Waals surface area contributed by atoms with E-state index >= 15 is 0 Å². The van der Waals surface area contributed by atoms with Crippen LogP contribution in [-0.4, -0.2) is 13.9 Å². The summed E-state index contributed by atoms with van der Waals surface area (Å²) in [6, 6.07) is 11.2. The summed E-state index contributed by atoms with van der Waals surface area (Å²) in [5.41, 5.74) is 5.16. The smallest absolute Gasteiger partial charge is 0.161 e. The van der Waals surface area contributed by atoms with Gasteiger partial charge in [0.2, 0.25) is 0 Å². The molecule has 0 atom stereocenters. The first-order chi connectivity index (χ1) is 8.58. The summed E-state index contributed by atoms with van der Waals surface area (Å²) in [7, 11) is -1.43. The average molecular weight is 258 g/mol. The molecule has 0 aliphatic rings. The molecule has 1 aromatic rings. The van der Waals surface area contributed by atoms with Crippen LogP contribution in [0.25, 0.3) is 0 Å². The number of carbonyl (C=O) groups is 1. The molecular formula is C16H22OSi. The van der Waals surface area contributed by atoms with Crippen LogP contribution in [0.15, 0.2) is 24.3 Å². The molecule has 0 heterocycles. The van der Waals surface area contributed by atoms with E-state index in [1.54, 1.807) is 6.92 Å². The van der Waals surface area contributed by atoms with Gasteiger partial charge in [-0.3, -0.25) is 4.79 Å². The number of Topliss-reactive ketones (excluding diaryl/α,β-unsaturated/α-hetero) is 1. The standard InChI is InChI=1S/C16H22OSi/c1-5-18(6-2,7-3)13-12-15-10-8-9-11-16(15)14(4)17/h8-11H,5-7H2,1-4H3. The van der Waals surface area contributed by atoms with E-state index < -0.39 is 8.07 Å². The van der Waals surface area contributed by atoms with Gasteiger partial charge in [0.05, 0.1) is 0 Å². The second kappa shape index (κ2) is 6.56. The highest BCUT2D eigenvalue weighted by Gasteiger charge is 2.24. The van der Waals surface area contributed by atoms with Gasteiger partial charge < -0.3 is 0 Å². The Labute approximate surface area is 112 Å². The van der Waals surface area contributed by atoms with Gasteiger partial charge >= 0.3 is 0 Å². The van der Waals surface area contributed by atoms with Crippen molar-refractivity contribution in [2.75, 3.05) is 0 Å². The van der Waals surface area contributed by atoms with E-state index in [0.717, 1.165) is 11.1 Å².